The summed E-state index contributed by atoms with van der Waals surface area (Å²) in [6.07, 6.45) is 4.77. The fraction of sp³-hybridized carbons (Fsp3) is 0.929. The molecule has 0 aromatic heterocycles. The van der Waals surface area contributed by atoms with Gasteiger partial charge in [0.2, 0.25) is 0 Å². The molecule has 1 fully saturated rings. The topological polar surface area (TPSA) is 39.7 Å². The Morgan fingerprint density at radius 1 is 1.42 bits per heavy atom. The highest BCUT2D eigenvalue weighted by Gasteiger charge is 2.22. The van der Waals surface area contributed by atoms with Crippen LogP contribution in [0.4, 0.5) is 0 Å². The van der Waals surface area contributed by atoms with E-state index in [2.05, 4.69) is 47.6 Å². The van der Waals surface area contributed by atoms with Crippen LogP contribution in [0.2, 0.25) is 0 Å². The molecular formula is C14H30N4S. The Bertz CT molecular complexity index is 270. The van der Waals surface area contributed by atoms with E-state index in [1.54, 1.807) is 0 Å². The molecule has 1 rings (SSSR count). The lowest BCUT2D eigenvalue weighted by Crippen LogP contribution is -2.45. The SMILES string of the molecule is CCNC(=NCC(C)SC)NCC1CCCN1CC. The number of likely N-dealkylation sites (N-methyl/N-ethyl adjacent to an activating group) is 1. The number of aliphatic imine (C=N–C) groups is 1. The second kappa shape index (κ2) is 9.48. The van der Waals surface area contributed by atoms with E-state index in [0.29, 0.717) is 11.3 Å². The molecule has 5 heteroatoms. The highest BCUT2D eigenvalue weighted by atomic mass is 32.2. The summed E-state index contributed by atoms with van der Waals surface area (Å²) >= 11 is 1.86. The summed E-state index contributed by atoms with van der Waals surface area (Å²) in [5.41, 5.74) is 0. The van der Waals surface area contributed by atoms with Crippen LogP contribution in [-0.4, -0.2) is 61.1 Å². The molecule has 0 radical (unpaired) electrons. The largest absolute Gasteiger partial charge is 0.357 e. The van der Waals surface area contributed by atoms with Crippen LogP contribution in [-0.2, 0) is 0 Å². The van der Waals surface area contributed by atoms with E-state index in [1.165, 1.54) is 19.4 Å². The fourth-order valence-electron chi connectivity index (χ4n) is 2.39. The minimum Gasteiger partial charge on any atom is -0.357 e. The van der Waals surface area contributed by atoms with E-state index in [1.807, 2.05) is 11.8 Å². The van der Waals surface area contributed by atoms with Crippen molar-refractivity contribution in [3.05, 3.63) is 0 Å². The Balaban J connectivity index is 2.40. The molecular weight excluding hydrogens is 256 g/mol. The van der Waals surface area contributed by atoms with Gasteiger partial charge in [-0.15, -0.1) is 0 Å². The maximum atomic E-state index is 4.65. The van der Waals surface area contributed by atoms with E-state index in [9.17, 15) is 0 Å². The van der Waals surface area contributed by atoms with Crippen molar-refractivity contribution < 1.29 is 0 Å². The lowest BCUT2D eigenvalue weighted by atomic mass is 10.2. The van der Waals surface area contributed by atoms with Crippen molar-refractivity contribution in [1.82, 2.24) is 15.5 Å². The van der Waals surface area contributed by atoms with Gasteiger partial charge >= 0.3 is 0 Å². The second-order valence-corrected chi connectivity index (χ2v) is 6.35. The van der Waals surface area contributed by atoms with Crippen LogP contribution in [0.25, 0.3) is 0 Å². The highest BCUT2D eigenvalue weighted by molar-refractivity contribution is 7.99. The molecule has 0 bridgehead atoms. The summed E-state index contributed by atoms with van der Waals surface area (Å²) in [6, 6.07) is 0.673. The van der Waals surface area contributed by atoms with Gasteiger partial charge in [-0.1, -0.05) is 13.8 Å². The number of hydrogen-bond donors (Lipinski definition) is 2. The van der Waals surface area contributed by atoms with Gasteiger partial charge in [-0.05, 0) is 39.1 Å². The summed E-state index contributed by atoms with van der Waals surface area (Å²) in [4.78, 5) is 7.21. The van der Waals surface area contributed by atoms with Crippen molar-refractivity contribution in [1.29, 1.82) is 0 Å². The lowest BCUT2D eigenvalue weighted by Gasteiger charge is -2.24. The van der Waals surface area contributed by atoms with Crippen molar-refractivity contribution in [2.24, 2.45) is 4.99 Å². The van der Waals surface area contributed by atoms with Crippen molar-refractivity contribution in [3.63, 3.8) is 0 Å². The van der Waals surface area contributed by atoms with Gasteiger partial charge in [-0.3, -0.25) is 9.89 Å². The molecule has 0 amide bonds. The smallest absolute Gasteiger partial charge is 0.191 e. The number of hydrogen-bond acceptors (Lipinski definition) is 3. The van der Waals surface area contributed by atoms with Gasteiger partial charge in [-0.2, -0.15) is 11.8 Å². The standard InChI is InChI=1S/C14H30N4S/c1-5-15-14(16-10-12(3)19-4)17-11-13-8-7-9-18(13)6-2/h12-13H,5-11H2,1-4H3,(H2,15,16,17). The van der Waals surface area contributed by atoms with Gasteiger partial charge in [-0.25, -0.2) is 0 Å². The lowest BCUT2D eigenvalue weighted by molar-refractivity contribution is 0.267. The van der Waals surface area contributed by atoms with Crippen LogP contribution in [0.3, 0.4) is 0 Å². The molecule has 2 unspecified atom stereocenters. The first-order chi connectivity index (χ1) is 9.21. The maximum absolute atomic E-state index is 4.65. The molecule has 2 atom stereocenters. The molecule has 0 aliphatic carbocycles. The second-order valence-electron chi connectivity index (χ2n) is 5.07. The predicted molar refractivity (Wildman–Crippen MR) is 87.2 cm³/mol. The van der Waals surface area contributed by atoms with Crippen LogP contribution < -0.4 is 10.6 Å². The van der Waals surface area contributed by atoms with Crippen molar-refractivity contribution in [2.75, 3.05) is 39.0 Å². The van der Waals surface area contributed by atoms with Gasteiger partial charge in [0.1, 0.15) is 0 Å². The molecule has 112 valence electrons. The van der Waals surface area contributed by atoms with E-state index in [0.717, 1.165) is 32.1 Å². The monoisotopic (exact) mass is 286 g/mol. The maximum Gasteiger partial charge on any atom is 0.191 e. The molecule has 0 spiro atoms. The van der Waals surface area contributed by atoms with Crippen LogP contribution in [0.5, 0.6) is 0 Å². The normalized spacial score (nSPS) is 22.5. The van der Waals surface area contributed by atoms with Crippen LogP contribution >= 0.6 is 11.8 Å². The minimum absolute atomic E-state index is 0.578. The molecule has 19 heavy (non-hydrogen) atoms. The fourth-order valence-corrected chi connectivity index (χ4v) is 2.62. The molecule has 1 heterocycles. The van der Waals surface area contributed by atoms with Crippen molar-refractivity contribution >= 4 is 17.7 Å². The number of rotatable bonds is 7. The third kappa shape index (κ3) is 6.04. The average Bonchev–Trinajstić information content (AvgIpc) is 2.88. The first kappa shape index (κ1) is 16.6. The van der Waals surface area contributed by atoms with E-state index >= 15 is 0 Å². The van der Waals surface area contributed by atoms with Crippen molar-refractivity contribution in [3.8, 4) is 0 Å². The van der Waals surface area contributed by atoms with E-state index in [-0.39, 0.29) is 0 Å². The van der Waals surface area contributed by atoms with Crippen molar-refractivity contribution in [2.45, 2.75) is 44.9 Å². The average molecular weight is 286 g/mol. The minimum atomic E-state index is 0.578. The van der Waals surface area contributed by atoms with E-state index < -0.39 is 0 Å². The van der Waals surface area contributed by atoms with Gasteiger partial charge in [0.05, 0.1) is 6.54 Å². The molecule has 4 nitrogen and oxygen atoms in total. The third-order valence-corrected chi connectivity index (χ3v) is 4.62. The van der Waals surface area contributed by atoms with Crippen LogP contribution in [0, 0.1) is 0 Å². The highest BCUT2D eigenvalue weighted by Crippen LogP contribution is 2.15. The molecule has 1 saturated heterocycles. The Morgan fingerprint density at radius 2 is 2.21 bits per heavy atom. The first-order valence-corrected chi connectivity index (χ1v) is 8.79. The number of nitrogens with one attached hydrogen (secondary N) is 2. The number of thioether (sulfide) groups is 1. The van der Waals surface area contributed by atoms with Crippen LogP contribution in [0.15, 0.2) is 4.99 Å². The van der Waals surface area contributed by atoms with Crippen LogP contribution in [0.1, 0.15) is 33.6 Å². The van der Waals surface area contributed by atoms with Gasteiger partial charge < -0.3 is 10.6 Å². The molecule has 1 aliphatic heterocycles. The Labute approximate surface area is 122 Å². The Morgan fingerprint density at radius 3 is 2.84 bits per heavy atom. The number of nitrogens with zero attached hydrogens (tertiary/aromatic N) is 2. The predicted octanol–water partition coefficient (Wildman–Crippen LogP) is 1.78. The van der Waals surface area contributed by atoms with Gasteiger partial charge in [0.25, 0.3) is 0 Å². The van der Waals surface area contributed by atoms with Gasteiger partial charge in [0, 0.05) is 24.4 Å². The van der Waals surface area contributed by atoms with Gasteiger partial charge in [0.15, 0.2) is 5.96 Å². The zero-order chi connectivity index (χ0) is 14.1. The summed E-state index contributed by atoms with van der Waals surface area (Å²) < 4.78 is 0. The molecule has 0 aromatic carbocycles. The summed E-state index contributed by atoms with van der Waals surface area (Å²) in [5, 5.41) is 7.40. The number of likely N-dealkylation sites (tertiary alicyclic amines) is 1. The van der Waals surface area contributed by atoms with E-state index in [4.69, 9.17) is 0 Å². The molecule has 1 aliphatic rings. The third-order valence-electron chi connectivity index (χ3n) is 3.66. The quantitative estimate of drug-likeness (QED) is 0.553. The zero-order valence-electron chi connectivity index (χ0n) is 12.9. The Hall–Kier alpha value is -0.420. The summed E-state index contributed by atoms with van der Waals surface area (Å²) in [7, 11) is 0. The Kier molecular flexibility index (Phi) is 8.30. The summed E-state index contributed by atoms with van der Waals surface area (Å²) in [5.74, 6) is 0.964. The molecule has 2 N–H and O–H groups in total. The zero-order valence-corrected chi connectivity index (χ0v) is 13.7. The summed E-state index contributed by atoms with van der Waals surface area (Å²) in [6.45, 7) is 11.8. The number of guanidine groups is 1. The first-order valence-electron chi connectivity index (χ1n) is 7.50. The molecule has 0 saturated carbocycles. The molecule has 0 aromatic rings.